The Bertz CT molecular complexity index is 953. The molecule has 3 rings (SSSR count). The van der Waals surface area contributed by atoms with Gasteiger partial charge in [-0.05, 0) is 51.5 Å². The average Bonchev–Trinajstić information content (AvgIpc) is 2.62. The molecule has 0 N–H and O–H groups in total. The number of hydrogen-bond donors (Lipinski definition) is 0. The molecule has 0 aliphatic carbocycles. The van der Waals surface area contributed by atoms with Gasteiger partial charge in [0.05, 0.1) is 6.04 Å². The van der Waals surface area contributed by atoms with E-state index >= 15 is 0 Å². The van der Waals surface area contributed by atoms with Crippen molar-refractivity contribution < 1.29 is 28.2 Å². The van der Waals surface area contributed by atoms with Crippen LogP contribution in [0, 0.1) is 5.82 Å². The van der Waals surface area contributed by atoms with E-state index < -0.39 is 17.7 Å². The predicted molar refractivity (Wildman–Crippen MR) is 108 cm³/mol. The molecule has 0 fully saturated rings. The molecule has 8 heteroatoms. The van der Waals surface area contributed by atoms with Gasteiger partial charge in [-0.25, -0.2) is 9.18 Å². The van der Waals surface area contributed by atoms with Crippen LogP contribution in [-0.4, -0.2) is 35.3 Å². The molecule has 0 spiro atoms. The number of pyridine rings is 1. The predicted octanol–water partition coefficient (Wildman–Crippen LogP) is 4.26. The zero-order chi connectivity index (χ0) is 22.1. The van der Waals surface area contributed by atoms with E-state index in [1.807, 2.05) is 6.92 Å². The highest BCUT2D eigenvalue weighted by atomic mass is 19.1. The monoisotopic (exact) mass is 416 g/mol. The minimum absolute atomic E-state index is 0.0873. The quantitative estimate of drug-likeness (QED) is 0.696. The van der Waals surface area contributed by atoms with Crippen molar-refractivity contribution in [2.45, 2.75) is 52.7 Å². The lowest BCUT2D eigenvalue weighted by Crippen LogP contribution is -2.47. The van der Waals surface area contributed by atoms with Crippen molar-refractivity contribution in [2.24, 2.45) is 0 Å². The van der Waals surface area contributed by atoms with Crippen molar-refractivity contribution in [3.05, 3.63) is 47.3 Å². The Hall–Kier alpha value is -3.16. The van der Waals surface area contributed by atoms with Gasteiger partial charge in [0.15, 0.2) is 0 Å². The number of carbonyl (C=O) groups excluding carboxylic acids is 2. The van der Waals surface area contributed by atoms with Crippen molar-refractivity contribution >= 4 is 17.7 Å². The van der Waals surface area contributed by atoms with Crippen LogP contribution in [0.25, 0.3) is 0 Å². The Morgan fingerprint density at radius 3 is 2.53 bits per heavy atom. The average molecular weight is 416 g/mol. The number of esters is 1. The third kappa shape index (κ3) is 5.06. The fourth-order valence-corrected chi connectivity index (χ4v) is 3.06. The number of carbonyl (C=O) groups is 2. The molecule has 160 valence electrons. The number of aromatic nitrogens is 1. The van der Waals surface area contributed by atoms with Gasteiger partial charge in [0.1, 0.15) is 23.7 Å². The summed E-state index contributed by atoms with van der Waals surface area (Å²) in [6, 6.07) is 7.39. The summed E-state index contributed by atoms with van der Waals surface area (Å²) in [5.74, 6) is -0.612. The largest absolute Gasteiger partial charge is 0.474 e. The van der Waals surface area contributed by atoms with Crippen molar-refractivity contribution in [1.29, 1.82) is 0 Å². The van der Waals surface area contributed by atoms with Crippen LogP contribution >= 0.6 is 0 Å². The molecule has 0 saturated heterocycles. The van der Waals surface area contributed by atoms with E-state index in [9.17, 15) is 14.0 Å². The lowest BCUT2D eigenvalue weighted by Gasteiger charge is -2.35. The number of ether oxygens (including phenoxy) is 3. The van der Waals surface area contributed by atoms with Gasteiger partial charge in [-0.3, -0.25) is 9.69 Å². The van der Waals surface area contributed by atoms with Crippen LogP contribution in [0.1, 0.15) is 45.7 Å². The number of benzene rings is 1. The highest BCUT2D eigenvalue weighted by molar-refractivity contribution is 5.91. The zero-order valence-corrected chi connectivity index (χ0v) is 17.7. The number of amides is 1. The molecule has 2 heterocycles. The first-order valence-electron chi connectivity index (χ1n) is 9.65. The summed E-state index contributed by atoms with van der Waals surface area (Å²) in [6.07, 6.45) is -0.200. The first-order chi connectivity index (χ1) is 14.0. The van der Waals surface area contributed by atoms with Crippen molar-refractivity contribution in [2.75, 3.05) is 11.5 Å². The molecule has 1 aromatic heterocycles. The molecule has 1 aromatic carbocycles. The highest BCUT2D eigenvalue weighted by Crippen LogP contribution is 2.38. The summed E-state index contributed by atoms with van der Waals surface area (Å²) in [7, 11) is 0. The zero-order valence-electron chi connectivity index (χ0n) is 17.7. The minimum Gasteiger partial charge on any atom is -0.474 e. The van der Waals surface area contributed by atoms with Gasteiger partial charge in [0.2, 0.25) is 11.8 Å². The van der Waals surface area contributed by atoms with E-state index in [1.54, 1.807) is 39.0 Å². The molecule has 0 bridgehead atoms. The summed E-state index contributed by atoms with van der Waals surface area (Å²) < 4.78 is 29.8. The molecular weight excluding hydrogens is 391 g/mol. The number of rotatable bonds is 3. The van der Waals surface area contributed by atoms with Crippen molar-refractivity contribution in [1.82, 2.24) is 4.98 Å². The fraction of sp³-hybridized carbons (Fsp3) is 0.409. The lowest BCUT2D eigenvalue weighted by atomic mass is 10.0. The second kappa shape index (κ2) is 8.30. The fourth-order valence-electron chi connectivity index (χ4n) is 3.06. The molecule has 0 radical (unpaired) electrons. The van der Waals surface area contributed by atoms with Crippen LogP contribution < -0.4 is 14.4 Å². The standard InChI is InChI=1S/C22H25FN2O5/c1-13-12-28-20-18(25(13)21(27)30-22(3,4)5)11-16(19(24-20)29-14(2)26)10-15-6-8-17(23)9-7-15/h6-9,11,13H,10,12H2,1-5H3/t13-/m0/s1. The molecule has 0 unspecified atom stereocenters. The van der Waals surface area contributed by atoms with Crippen molar-refractivity contribution in [3.8, 4) is 11.8 Å². The van der Waals surface area contributed by atoms with Gasteiger partial charge in [0.25, 0.3) is 0 Å². The van der Waals surface area contributed by atoms with Crippen LogP contribution in [0.15, 0.2) is 30.3 Å². The molecule has 1 amide bonds. The summed E-state index contributed by atoms with van der Waals surface area (Å²) in [4.78, 5) is 30.3. The Kier molecular flexibility index (Phi) is 5.96. The Morgan fingerprint density at radius 1 is 1.27 bits per heavy atom. The second-order valence-electron chi connectivity index (χ2n) is 8.18. The summed E-state index contributed by atoms with van der Waals surface area (Å²) in [5, 5.41) is 0. The van der Waals surface area contributed by atoms with Crippen molar-refractivity contribution in [3.63, 3.8) is 0 Å². The molecule has 1 atom stereocenters. The van der Waals surface area contributed by atoms with E-state index in [2.05, 4.69) is 4.98 Å². The molecule has 7 nitrogen and oxygen atoms in total. The molecule has 30 heavy (non-hydrogen) atoms. The summed E-state index contributed by atoms with van der Waals surface area (Å²) in [5.41, 5.74) is 1.11. The lowest BCUT2D eigenvalue weighted by molar-refractivity contribution is -0.132. The third-order valence-corrected chi connectivity index (χ3v) is 4.31. The third-order valence-electron chi connectivity index (χ3n) is 4.31. The first-order valence-corrected chi connectivity index (χ1v) is 9.65. The molecule has 1 aliphatic rings. The van der Waals surface area contributed by atoms with E-state index in [-0.39, 0.29) is 30.2 Å². The normalized spacial score (nSPS) is 15.8. The second-order valence-corrected chi connectivity index (χ2v) is 8.18. The maximum atomic E-state index is 13.3. The molecule has 2 aromatic rings. The van der Waals surface area contributed by atoms with Crippen LogP contribution in [0.5, 0.6) is 11.8 Å². The van der Waals surface area contributed by atoms with Gasteiger partial charge in [-0.1, -0.05) is 12.1 Å². The summed E-state index contributed by atoms with van der Waals surface area (Å²) in [6.45, 7) is 8.71. The molecular formula is C22H25FN2O5. The van der Waals surface area contributed by atoms with Gasteiger partial charge < -0.3 is 14.2 Å². The highest BCUT2D eigenvalue weighted by Gasteiger charge is 2.35. The molecule has 1 aliphatic heterocycles. The first kappa shape index (κ1) is 21.5. The number of fused-ring (bicyclic) bond motifs is 1. The van der Waals surface area contributed by atoms with E-state index in [1.165, 1.54) is 24.0 Å². The minimum atomic E-state index is -0.669. The van der Waals surface area contributed by atoms with Gasteiger partial charge >= 0.3 is 12.1 Å². The van der Waals surface area contributed by atoms with Crippen LogP contribution in [-0.2, 0) is 16.0 Å². The van der Waals surface area contributed by atoms with Crippen LogP contribution in [0.3, 0.4) is 0 Å². The Morgan fingerprint density at radius 2 is 1.93 bits per heavy atom. The number of anilines is 1. The van der Waals surface area contributed by atoms with Crippen LogP contribution in [0.4, 0.5) is 14.9 Å². The van der Waals surface area contributed by atoms with Gasteiger partial charge in [-0.2, -0.15) is 4.98 Å². The summed E-state index contributed by atoms with van der Waals surface area (Å²) >= 11 is 0. The maximum absolute atomic E-state index is 13.3. The van der Waals surface area contributed by atoms with E-state index in [4.69, 9.17) is 14.2 Å². The Labute approximate surface area is 174 Å². The number of nitrogens with zero attached hydrogens (tertiary/aromatic N) is 2. The van der Waals surface area contributed by atoms with Gasteiger partial charge in [-0.15, -0.1) is 0 Å². The van der Waals surface area contributed by atoms with E-state index in [0.29, 0.717) is 17.7 Å². The number of halogens is 1. The van der Waals surface area contributed by atoms with E-state index in [0.717, 1.165) is 5.56 Å². The van der Waals surface area contributed by atoms with Gasteiger partial charge in [0, 0.05) is 18.9 Å². The van der Waals surface area contributed by atoms with Crippen LogP contribution in [0.2, 0.25) is 0 Å². The maximum Gasteiger partial charge on any atom is 0.415 e. The SMILES string of the molecule is CC(=O)Oc1nc2c(cc1Cc1ccc(F)cc1)N(C(=O)OC(C)(C)C)[C@@H](C)CO2. The number of hydrogen-bond acceptors (Lipinski definition) is 6. The molecule has 0 saturated carbocycles. The topological polar surface area (TPSA) is 78.0 Å². The Balaban J connectivity index is 2.04. The smallest absolute Gasteiger partial charge is 0.415 e.